The summed E-state index contributed by atoms with van der Waals surface area (Å²) >= 11 is 0. The Balaban J connectivity index is 2.05. The highest BCUT2D eigenvalue weighted by molar-refractivity contribution is 7.84. The predicted molar refractivity (Wildman–Crippen MR) is 57.6 cm³/mol. The molecule has 1 amide bonds. The number of amides is 1. The Bertz CT molecular complexity index is 229. The smallest absolute Gasteiger partial charge is 0.234 e. The quantitative estimate of drug-likeness (QED) is 0.639. The lowest BCUT2D eigenvalue weighted by Gasteiger charge is -2.11. The summed E-state index contributed by atoms with van der Waals surface area (Å²) in [7, 11) is -0.803. The maximum absolute atomic E-state index is 11.2. The van der Waals surface area contributed by atoms with E-state index in [0.717, 1.165) is 12.8 Å². The maximum atomic E-state index is 11.2. The topological polar surface area (TPSA) is 58.2 Å². The van der Waals surface area contributed by atoms with Crippen molar-refractivity contribution in [1.29, 1.82) is 0 Å². The molecule has 14 heavy (non-hydrogen) atoms. The van der Waals surface area contributed by atoms with Crippen LogP contribution < -0.4 is 10.6 Å². The molecule has 0 radical (unpaired) electrons. The van der Waals surface area contributed by atoms with E-state index in [9.17, 15) is 9.00 Å². The molecule has 1 rings (SSSR count). The van der Waals surface area contributed by atoms with Crippen molar-refractivity contribution in [3.05, 3.63) is 0 Å². The van der Waals surface area contributed by atoms with Gasteiger partial charge >= 0.3 is 0 Å². The Morgan fingerprint density at radius 1 is 1.57 bits per heavy atom. The summed E-state index contributed by atoms with van der Waals surface area (Å²) in [5.41, 5.74) is 0. The van der Waals surface area contributed by atoms with Gasteiger partial charge in [0.1, 0.15) is 0 Å². The molecule has 1 aliphatic rings. The predicted octanol–water partition coefficient (Wildman–Crippen LogP) is -0.378. The molecule has 0 aromatic heterocycles. The van der Waals surface area contributed by atoms with E-state index in [2.05, 4.69) is 10.6 Å². The molecule has 5 heteroatoms. The SMILES string of the molecule is CC(CS(C)=O)NCC(=O)NC1CC1. The first kappa shape index (κ1) is 11.7. The average molecular weight is 218 g/mol. The van der Waals surface area contributed by atoms with Gasteiger partial charge in [-0.15, -0.1) is 0 Å². The van der Waals surface area contributed by atoms with Crippen LogP contribution in [0.3, 0.4) is 0 Å². The minimum atomic E-state index is -0.803. The zero-order chi connectivity index (χ0) is 10.6. The Hall–Kier alpha value is -0.420. The molecule has 1 aliphatic carbocycles. The fourth-order valence-corrected chi connectivity index (χ4v) is 2.01. The van der Waals surface area contributed by atoms with Crippen molar-refractivity contribution in [3.8, 4) is 0 Å². The van der Waals surface area contributed by atoms with Gasteiger partial charge in [0.2, 0.25) is 5.91 Å². The van der Waals surface area contributed by atoms with Crippen molar-refractivity contribution in [2.75, 3.05) is 18.6 Å². The molecule has 0 bridgehead atoms. The largest absolute Gasteiger partial charge is 0.352 e. The third kappa shape index (κ3) is 5.34. The third-order valence-corrected chi connectivity index (χ3v) is 3.01. The normalized spacial score (nSPS) is 20.1. The summed E-state index contributed by atoms with van der Waals surface area (Å²) in [6.45, 7) is 2.26. The lowest BCUT2D eigenvalue weighted by atomic mass is 10.4. The highest BCUT2D eigenvalue weighted by Crippen LogP contribution is 2.18. The van der Waals surface area contributed by atoms with Crippen molar-refractivity contribution in [3.63, 3.8) is 0 Å². The van der Waals surface area contributed by atoms with Gasteiger partial charge in [-0.2, -0.15) is 0 Å². The first-order chi connectivity index (χ1) is 6.58. The second-order valence-electron chi connectivity index (χ2n) is 3.86. The molecule has 0 saturated heterocycles. The number of rotatable bonds is 6. The van der Waals surface area contributed by atoms with Gasteiger partial charge < -0.3 is 10.6 Å². The summed E-state index contributed by atoms with van der Waals surface area (Å²) in [6.07, 6.45) is 3.89. The number of hydrogen-bond donors (Lipinski definition) is 2. The zero-order valence-electron chi connectivity index (χ0n) is 8.71. The van der Waals surface area contributed by atoms with Crippen LogP contribution >= 0.6 is 0 Å². The van der Waals surface area contributed by atoms with E-state index in [-0.39, 0.29) is 11.9 Å². The molecule has 0 heterocycles. The van der Waals surface area contributed by atoms with Crippen LogP contribution in [0.25, 0.3) is 0 Å². The fraction of sp³-hybridized carbons (Fsp3) is 0.889. The molecular formula is C9H18N2O2S. The average Bonchev–Trinajstić information content (AvgIpc) is 2.83. The van der Waals surface area contributed by atoms with E-state index < -0.39 is 10.8 Å². The molecule has 82 valence electrons. The molecule has 0 aliphatic heterocycles. The molecule has 4 nitrogen and oxygen atoms in total. The van der Waals surface area contributed by atoms with Crippen LogP contribution in [-0.4, -0.2) is 40.8 Å². The number of nitrogens with one attached hydrogen (secondary N) is 2. The van der Waals surface area contributed by atoms with Crippen LogP contribution in [0, 0.1) is 0 Å². The van der Waals surface area contributed by atoms with Crippen molar-refractivity contribution >= 4 is 16.7 Å². The van der Waals surface area contributed by atoms with Crippen molar-refractivity contribution < 1.29 is 9.00 Å². The van der Waals surface area contributed by atoms with E-state index in [4.69, 9.17) is 0 Å². The lowest BCUT2D eigenvalue weighted by molar-refractivity contribution is -0.120. The second kappa shape index (κ2) is 5.46. The third-order valence-electron chi connectivity index (χ3n) is 2.04. The van der Waals surface area contributed by atoms with Gasteiger partial charge in [0.15, 0.2) is 0 Å². The molecule has 2 N–H and O–H groups in total. The summed E-state index contributed by atoms with van der Waals surface area (Å²) in [6, 6.07) is 0.547. The molecule has 1 saturated carbocycles. The van der Waals surface area contributed by atoms with Gasteiger partial charge in [-0.1, -0.05) is 0 Å². The van der Waals surface area contributed by atoms with Gasteiger partial charge in [-0.25, -0.2) is 0 Å². The van der Waals surface area contributed by atoms with E-state index in [1.54, 1.807) is 6.26 Å². The number of hydrogen-bond acceptors (Lipinski definition) is 3. The second-order valence-corrected chi connectivity index (χ2v) is 5.34. The van der Waals surface area contributed by atoms with E-state index in [1.165, 1.54) is 0 Å². The molecule has 0 aromatic rings. The molecule has 0 spiro atoms. The minimum Gasteiger partial charge on any atom is -0.352 e. The molecule has 1 fully saturated rings. The summed E-state index contributed by atoms with van der Waals surface area (Å²) in [4.78, 5) is 11.2. The van der Waals surface area contributed by atoms with Gasteiger partial charge in [0.05, 0.1) is 6.54 Å². The molecule has 2 atom stereocenters. The molecule has 2 unspecified atom stereocenters. The highest BCUT2D eigenvalue weighted by atomic mass is 32.2. The van der Waals surface area contributed by atoms with Gasteiger partial charge in [-0.3, -0.25) is 9.00 Å². The van der Waals surface area contributed by atoms with E-state index >= 15 is 0 Å². The Morgan fingerprint density at radius 3 is 2.71 bits per heavy atom. The van der Waals surface area contributed by atoms with Crippen molar-refractivity contribution in [2.24, 2.45) is 0 Å². The Kier molecular flexibility index (Phi) is 4.54. The van der Waals surface area contributed by atoms with Gasteiger partial charge in [-0.05, 0) is 19.8 Å². The van der Waals surface area contributed by atoms with Crippen LogP contribution in [0.1, 0.15) is 19.8 Å². The van der Waals surface area contributed by atoms with Gasteiger partial charge in [0.25, 0.3) is 0 Å². The Morgan fingerprint density at radius 2 is 2.21 bits per heavy atom. The molecular weight excluding hydrogens is 200 g/mol. The van der Waals surface area contributed by atoms with Crippen molar-refractivity contribution in [2.45, 2.75) is 31.8 Å². The van der Waals surface area contributed by atoms with Crippen LogP contribution in [0.15, 0.2) is 0 Å². The minimum absolute atomic E-state index is 0.0428. The highest BCUT2D eigenvalue weighted by Gasteiger charge is 2.22. The fourth-order valence-electron chi connectivity index (χ4n) is 1.18. The first-order valence-corrected chi connectivity index (χ1v) is 6.63. The van der Waals surface area contributed by atoms with E-state index in [1.807, 2.05) is 6.92 Å². The van der Waals surface area contributed by atoms with Crippen LogP contribution in [0.5, 0.6) is 0 Å². The standard InChI is InChI=1S/C9H18N2O2S/c1-7(6-14(2)13)10-5-9(12)11-8-3-4-8/h7-8,10H,3-6H2,1-2H3,(H,11,12). The summed E-state index contributed by atoms with van der Waals surface area (Å²) < 4.78 is 10.9. The number of carbonyl (C=O) groups is 1. The summed E-state index contributed by atoms with van der Waals surface area (Å²) in [5, 5.41) is 5.93. The maximum Gasteiger partial charge on any atom is 0.234 e. The van der Waals surface area contributed by atoms with Crippen LogP contribution in [0.2, 0.25) is 0 Å². The van der Waals surface area contributed by atoms with Crippen LogP contribution in [-0.2, 0) is 15.6 Å². The lowest BCUT2D eigenvalue weighted by Crippen LogP contribution is -2.40. The molecule has 0 aromatic carbocycles. The summed E-state index contributed by atoms with van der Waals surface area (Å²) in [5.74, 6) is 0.637. The number of carbonyl (C=O) groups excluding carboxylic acids is 1. The van der Waals surface area contributed by atoms with Gasteiger partial charge in [0, 0.05) is 34.9 Å². The van der Waals surface area contributed by atoms with Crippen molar-refractivity contribution in [1.82, 2.24) is 10.6 Å². The Labute approximate surface area is 87.3 Å². The zero-order valence-corrected chi connectivity index (χ0v) is 9.52. The van der Waals surface area contributed by atoms with E-state index in [0.29, 0.717) is 18.3 Å². The first-order valence-electron chi connectivity index (χ1n) is 4.90. The monoisotopic (exact) mass is 218 g/mol. The van der Waals surface area contributed by atoms with Crippen LogP contribution in [0.4, 0.5) is 0 Å².